The van der Waals surface area contributed by atoms with E-state index in [1.54, 1.807) is 12.1 Å². The van der Waals surface area contributed by atoms with Crippen molar-refractivity contribution in [3.05, 3.63) is 142 Å². The number of hydrogen-bond donors (Lipinski definition) is 9. The summed E-state index contributed by atoms with van der Waals surface area (Å²) < 4.78 is 40.9. The van der Waals surface area contributed by atoms with Crippen LogP contribution in [0.2, 0.25) is 0 Å². The van der Waals surface area contributed by atoms with E-state index in [9.17, 15) is 61.5 Å². The molecule has 23 heteroatoms. The summed E-state index contributed by atoms with van der Waals surface area (Å²) in [6, 6.07) is 22.4. The summed E-state index contributed by atoms with van der Waals surface area (Å²) in [6.45, 7) is 2.67. The number of amides is 8. The summed E-state index contributed by atoms with van der Waals surface area (Å²) in [5, 5.41) is 14.5. The van der Waals surface area contributed by atoms with Gasteiger partial charge in [-0.25, -0.2) is 0 Å². The standard InChI is InChI=1S/C60H68F2N9O11P/c1-2-3-24-47(67-55(75)48-33-40-32-41(25-26-45(40)65-48)60(61,62)83(80,81)82)59(79)70-35-42(34-50(70)57(77)66-46(27-29-51(63)72)54(74)69-53(38-18-11-8-12-19-38)39-20-13-9-14-21-39)64-31-15-7-5-4-6-10-17-37-22-16-23-43-44(37)36-71(58(43)78)49-28-30-52(73)68-56(49)76/h8-9,11-14,16,18-23,25-26,32-33,42,46-47,49-50,53,64-65H,2-7,15,24,27-31,34-36H2,1H3,(H2,63,72)(H,66,77)(H,67,75)(H,69,74)(H,68,73,76)(H2,80,81,82)/t42-,46+,47+,49?,50+/m1/s1. The molecule has 3 aliphatic rings. The summed E-state index contributed by atoms with van der Waals surface area (Å²) in [4.78, 5) is 132. The maximum Gasteiger partial charge on any atom is 0.399 e. The number of carbonyl (C=O) groups is 8. The Balaban J connectivity index is 0.941. The first-order valence-electron chi connectivity index (χ1n) is 27.9. The van der Waals surface area contributed by atoms with Crippen LogP contribution in [0.3, 0.4) is 0 Å². The number of imide groups is 1. The zero-order valence-corrected chi connectivity index (χ0v) is 46.7. The number of unbranched alkanes of at least 4 members (excludes halogenated alkanes) is 5. The van der Waals surface area contributed by atoms with Crippen LogP contribution < -0.4 is 32.3 Å². The Hall–Kier alpha value is -8.09. The number of primary amides is 1. The average molecular weight is 1160 g/mol. The Morgan fingerprint density at radius 3 is 2.23 bits per heavy atom. The number of alkyl halides is 2. The van der Waals surface area contributed by atoms with E-state index in [1.165, 1.54) is 15.9 Å². The quantitative estimate of drug-likeness (QED) is 0.0148. The van der Waals surface area contributed by atoms with Crippen molar-refractivity contribution in [3.63, 3.8) is 0 Å². The second-order valence-electron chi connectivity index (χ2n) is 21.2. The molecule has 4 heterocycles. The second kappa shape index (κ2) is 27.3. The van der Waals surface area contributed by atoms with E-state index in [2.05, 4.69) is 43.4 Å². The number of nitrogens with one attached hydrogen (secondary N) is 6. The highest BCUT2D eigenvalue weighted by Gasteiger charge is 2.50. The van der Waals surface area contributed by atoms with Crippen LogP contribution in [0.4, 0.5) is 8.78 Å². The SMILES string of the molecule is CCCC[C@H](NC(=O)c1cc2cc(C(F)(F)P(=O)(O)O)ccc2[nH]1)C(=O)N1C[C@H](NCCCCCCC#Cc2cccc3c2CN(C2CCC(=O)NC2=O)C3=O)C[C@H]1C(=O)N[C@@H](CCC(N)=O)C(=O)NC(c1ccccc1)c1ccccc1. The predicted molar refractivity (Wildman–Crippen MR) is 303 cm³/mol. The maximum atomic E-state index is 14.9. The molecule has 5 aromatic rings. The van der Waals surface area contributed by atoms with Gasteiger partial charge in [0.1, 0.15) is 29.9 Å². The zero-order valence-electron chi connectivity index (χ0n) is 45.8. The predicted octanol–water partition coefficient (Wildman–Crippen LogP) is 5.66. The molecule has 438 valence electrons. The van der Waals surface area contributed by atoms with E-state index in [0.717, 1.165) is 60.6 Å². The van der Waals surface area contributed by atoms with Gasteiger partial charge < -0.3 is 51.6 Å². The maximum absolute atomic E-state index is 14.9. The zero-order chi connectivity index (χ0) is 59.4. The van der Waals surface area contributed by atoms with Crippen LogP contribution in [-0.2, 0) is 45.5 Å². The molecule has 0 aliphatic carbocycles. The molecular formula is C60H68F2N9O11P. The molecule has 0 spiro atoms. The number of carbonyl (C=O) groups excluding carboxylic acids is 8. The van der Waals surface area contributed by atoms with Gasteiger partial charge in [-0.3, -0.25) is 48.2 Å². The Bertz CT molecular complexity index is 3310. The number of likely N-dealkylation sites (tertiary alicyclic amines) is 1. The number of H-pyrrole nitrogens is 1. The smallest absolute Gasteiger partial charge is 0.370 e. The molecule has 0 bridgehead atoms. The lowest BCUT2D eigenvalue weighted by atomic mass is 9.98. The Morgan fingerprint density at radius 1 is 0.843 bits per heavy atom. The lowest BCUT2D eigenvalue weighted by Crippen LogP contribution is -2.56. The fraction of sp³-hybridized carbons (Fsp3) is 0.400. The summed E-state index contributed by atoms with van der Waals surface area (Å²) in [6.07, 6.45) is 5.14. The third-order valence-corrected chi connectivity index (χ3v) is 16.2. The number of piperidine rings is 1. The van der Waals surface area contributed by atoms with Crippen molar-refractivity contribution in [2.75, 3.05) is 13.1 Å². The van der Waals surface area contributed by atoms with Crippen LogP contribution in [0.15, 0.2) is 103 Å². The molecule has 2 fully saturated rings. The van der Waals surface area contributed by atoms with Gasteiger partial charge in [-0.1, -0.05) is 117 Å². The van der Waals surface area contributed by atoms with E-state index in [-0.39, 0.29) is 80.0 Å². The van der Waals surface area contributed by atoms with Crippen LogP contribution in [0.5, 0.6) is 0 Å². The van der Waals surface area contributed by atoms with Crippen molar-refractivity contribution < 1.29 is 61.5 Å². The number of benzene rings is 4. The van der Waals surface area contributed by atoms with Gasteiger partial charge in [-0.05, 0) is 92.1 Å². The van der Waals surface area contributed by atoms with Crippen LogP contribution in [0.1, 0.15) is 145 Å². The fourth-order valence-electron chi connectivity index (χ4n) is 10.8. The van der Waals surface area contributed by atoms with Gasteiger partial charge in [-0.2, -0.15) is 8.78 Å². The van der Waals surface area contributed by atoms with Crippen LogP contribution in [0.25, 0.3) is 10.9 Å². The van der Waals surface area contributed by atoms with Crippen molar-refractivity contribution in [2.45, 2.75) is 139 Å². The second-order valence-corrected chi connectivity index (χ2v) is 22.8. The van der Waals surface area contributed by atoms with E-state index in [1.807, 2.05) is 73.7 Å². The number of fused-ring (bicyclic) bond motifs is 2. The van der Waals surface area contributed by atoms with Gasteiger partial charge in [0, 0.05) is 66.0 Å². The molecule has 4 aromatic carbocycles. The van der Waals surface area contributed by atoms with Gasteiger partial charge in [0.2, 0.25) is 35.4 Å². The van der Waals surface area contributed by atoms with Gasteiger partial charge in [0.25, 0.3) is 11.8 Å². The number of rotatable bonds is 25. The summed E-state index contributed by atoms with van der Waals surface area (Å²) in [5.74, 6) is 1.96. The molecule has 0 saturated carbocycles. The lowest BCUT2D eigenvalue weighted by Gasteiger charge is -2.30. The molecule has 10 N–H and O–H groups in total. The number of nitrogens with zero attached hydrogens (tertiary/aromatic N) is 2. The molecule has 5 atom stereocenters. The normalized spacial score (nSPS) is 17.8. The summed E-state index contributed by atoms with van der Waals surface area (Å²) in [5.41, 5.74) is 3.66. The minimum Gasteiger partial charge on any atom is -0.370 e. The largest absolute Gasteiger partial charge is 0.399 e. The highest BCUT2D eigenvalue weighted by Crippen LogP contribution is 2.59. The molecule has 3 aliphatic heterocycles. The summed E-state index contributed by atoms with van der Waals surface area (Å²) in [7, 11) is -5.89. The molecule has 1 aromatic heterocycles. The van der Waals surface area contributed by atoms with Crippen molar-refractivity contribution in [2.24, 2.45) is 5.73 Å². The van der Waals surface area contributed by atoms with Gasteiger partial charge in [-0.15, -0.1) is 0 Å². The number of halogens is 2. The molecule has 8 amide bonds. The molecule has 83 heavy (non-hydrogen) atoms. The highest BCUT2D eigenvalue weighted by molar-refractivity contribution is 7.52. The minimum atomic E-state index is -5.89. The Morgan fingerprint density at radius 2 is 1.55 bits per heavy atom. The van der Waals surface area contributed by atoms with Crippen molar-refractivity contribution in [3.8, 4) is 11.8 Å². The summed E-state index contributed by atoms with van der Waals surface area (Å²) >= 11 is 0. The van der Waals surface area contributed by atoms with Crippen LogP contribution >= 0.6 is 7.60 Å². The molecule has 0 radical (unpaired) electrons. The molecule has 1 unspecified atom stereocenters. The fourth-order valence-corrected chi connectivity index (χ4v) is 11.2. The first-order chi connectivity index (χ1) is 39.7. The number of aromatic amines is 1. The number of aromatic nitrogens is 1. The first kappa shape index (κ1) is 61.0. The number of hydrogen-bond acceptors (Lipinski definition) is 10. The van der Waals surface area contributed by atoms with Crippen LogP contribution in [-0.4, -0.2) is 115 Å². The minimum absolute atomic E-state index is 0.0380. The third kappa shape index (κ3) is 14.9. The first-order valence-corrected chi connectivity index (χ1v) is 29.5. The van der Waals surface area contributed by atoms with Gasteiger partial charge in [0.05, 0.1) is 6.04 Å². The van der Waals surface area contributed by atoms with E-state index in [0.29, 0.717) is 36.9 Å². The average Bonchev–Trinajstić information content (AvgIpc) is 4.37. The van der Waals surface area contributed by atoms with Crippen molar-refractivity contribution >= 4 is 65.8 Å². The topological polar surface area (TPSA) is 303 Å². The Kier molecular flexibility index (Phi) is 20.1. The van der Waals surface area contributed by atoms with E-state index < -0.39 is 90.5 Å². The van der Waals surface area contributed by atoms with Crippen molar-refractivity contribution in [1.82, 2.24) is 41.4 Å². The van der Waals surface area contributed by atoms with E-state index >= 15 is 0 Å². The lowest BCUT2D eigenvalue weighted by molar-refractivity contribution is -0.141. The van der Waals surface area contributed by atoms with Gasteiger partial charge >= 0.3 is 13.3 Å². The number of nitrogens with two attached hydrogens (primary N) is 1. The molecule has 2 saturated heterocycles. The van der Waals surface area contributed by atoms with Crippen molar-refractivity contribution in [1.29, 1.82) is 0 Å². The monoisotopic (exact) mass is 1160 g/mol. The third-order valence-electron chi connectivity index (χ3n) is 15.2. The molecule has 20 nitrogen and oxygen atoms in total. The van der Waals surface area contributed by atoms with Gasteiger partial charge in [0.15, 0.2) is 0 Å². The molecular weight excluding hydrogens is 1090 g/mol. The van der Waals surface area contributed by atoms with E-state index in [4.69, 9.17) is 5.73 Å². The highest BCUT2D eigenvalue weighted by atomic mass is 31.2. The Labute approximate surface area is 478 Å². The molecule has 8 rings (SSSR count). The van der Waals surface area contributed by atoms with Crippen LogP contribution in [0, 0.1) is 11.8 Å².